The van der Waals surface area contributed by atoms with Crippen molar-refractivity contribution in [1.82, 2.24) is 20.1 Å². The Balaban J connectivity index is 1.92. The maximum atomic E-state index is 11.9. The molecular weight excluding hydrogens is 270 g/mol. The summed E-state index contributed by atoms with van der Waals surface area (Å²) < 4.78 is 1.41. The van der Waals surface area contributed by atoms with Gasteiger partial charge in [-0.3, -0.25) is 9.89 Å². The smallest absolute Gasteiger partial charge is 0.319 e. The third-order valence-electron chi connectivity index (χ3n) is 3.02. The minimum Gasteiger partial charge on any atom is -0.335 e. The number of rotatable bonds is 4. The van der Waals surface area contributed by atoms with Gasteiger partial charge in [-0.15, -0.1) is 0 Å². The number of nitrogens with one attached hydrogen (secondary N) is 3. The highest BCUT2D eigenvalue weighted by Crippen LogP contribution is 2.02. The van der Waals surface area contributed by atoms with E-state index in [4.69, 9.17) is 0 Å². The van der Waals surface area contributed by atoms with E-state index < -0.39 is 6.03 Å². The summed E-state index contributed by atoms with van der Waals surface area (Å²) in [4.78, 5) is 23.7. The first-order valence-corrected chi connectivity index (χ1v) is 6.70. The second kappa shape index (κ2) is 6.25. The van der Waals surface area contributed by atoms with E-state index in [0.29, 0.717) is 6.42 Å². The van der Waals surface area contributed by atoms with Crippen LogP contribution in [0.5, 0.6) is 0 Å². The zero-order valence-electron chi connectivity index (χ0n) is 12.3. The summed E-state index contributed by atoms with van der Waals surface area (Å²) in [5.74, 6) is 0. The molecule has 0 bridgehead atoms. The quantitative estimate of drug-likeness (QED) is 0.789. The van der Waals surface area contributed by atoms with Crippen LogP contribution in [0.1, 0.15) is 18.3 Å². The molecule has 0 aliphatic carbocycles. The van der Waals surface area contributed by atoms with Gasteiger partial charge < -0.3 is 15.2 Å². The number of H-pyrrole nitrogens is 1. The highest BCUT2D eigenvalue weighted by Gasteiger charge is 2.11. The predicted octanol–water partition coefficient (Wildman–Crippen LogP) is 1.17. The average Bonchev–Trinajstić information content (AvgIpc) is 2.80. The first-order chi connectivity index (χ1) is 9.95. The summed E-state index contributed by atoms with van der Waals surface area (Å²) in [6.07, 6.45) is 2.25. The van der Waals surface area contributed by atoms with Crippen LogP contribution in [-0.4, -0.2) is 26.8 Å². The van der Waals surface area contributed by atoms with Crippen molar-refractivity contribution in [2.45, 2.75) is 26.3 Å². The third-order valence-corrected chi connectivity index (χ3v) is 3.02. The minimum absolute atomic E-state index is 0.0970. The lowest BCUT2D eigenvalue weighted by atomic mass is 10.2. The molecule has 1 atom stereocenters. The number of nitrogens with zero attached hydrogens (tertiary/aromatic N) is 2. The van der Waals surface area contributed by atoms with Gasteiger partial charge in [0.05, 0.1) is 5.69 Å². The molecule has 3 N–H and O–H groups in total. The maximum absolute atomic E-state index is 11.9. The van der Waals surface area contributed by atoms with Crippen LogP contribution in [0.2, 0.25) is 0 Å². The van der Waals surface area contributed by atoms with Gasteiger partial charge in [-0.25, -0.2) is 4.79 Å². The molecule has 0 aliphatic heterocycles. The number of hydrogen-bond acceptors (Lipinski definition) is 3. The molecule has 7 nitrogen and oxygen atoms in total. The van der Waals surface area contributed by atoms with Crippen molar-refractivity contribution in [3.63, 3.8) is 0 Å². The van der Waals surface area contributed by atoms with E-state index in [-0.39, 0.29) is 17.3 Å². The van der Waals surface area contributed by atoms with E-state index in [1.807, 2.05) is 19.9 Å². The monoisotopic (exact) mass is 289 g/mol. The Bertz CT molecular complexity index is 689. The lowest BCUT2D eigenvalue weighted by Gasteiger charge is -2.13. The van der Waals surface area contributed by atoms with Gasteiger partial charge in [0.1, 0.15) is 5.69 Å². The molecule has 0 aliphatic rings. The molecule has 0 unspecified atom stereocenters. The zero-order valence-corrected chi connectivity index (χ0v) is 12.3. The van der Waals surface area contributed by atoms with E-state index >= 15 is 0 Å². The van der Waals surface area contributed by atoms with Gasteiger partial charge in [0, 0.05) is 31.4 Å². The van der Waals surface area contributed by atoms with E-state index in [2.05, 4.69) is 20.8 Å². The number of aromatic nitrogens is 3. The standard InChI is InChI=1S/C14H19N5O2/c1-9(7-11-8-10(2)17-18-11)15-14(21)16-12-5-4-6-19(3)13(12)20/h4-6,8-9H,7H2,1-3H3,(H,17,18)(H2,15,16,21)/t9-/m1/s1. The van der Waals surface area contributed by atoms with Gasteiger partial charge in [-0.2, -0.15) is 5.10 Å². The number of urea groups is 1. The number of hydrogen-bond donors (Lipinski definition) is 3. The fourth-order valence-electron chi connectivity index (χ4n) is 2.02. The van der Waals surface area contributed by atoms with Crippen LogP contribution in [0.3, 0.4) is 0 Å². The number of aromatic amines is 1. The van der Waals surface area contributed by atoms with Crippen molar-refractivity contribution >= 4 is 11.7 Å². The number of amides is 2. The molecule has 0 spiro atoms. The summed E-state index contributed by atoms with van der Waals surface area (Å²) in [7, 11) is 1.63. The Hall–Kier alpha value is -2.57. The highest BCUT2D eigenvalue weighted by atomic mass is 16.2. The summed E-state index contributed by atoms with van der Waals surface area (Å²) in [5, 5.41) is 12.3. The summed E-state index contributed by atoms with van der Waals surface area (Å²) >= 11 is 0. The Kier molecular flexibility index (Phi) is 4.42. The summed E-state index contributed by atoms with van der Waals surface area (Å²) in [6.45, 7) is 3.80. The van der Waals surface area contributed by atoms with Crippen LogP contribution >= 0.6 is 0 Å². The Morgan fingerprint density at radius 1 is 1.52 bits per heavy atom. The Morgan fingerprint density at radius 3 is 2.95 bits per heavy atom. The molecule has 21 heavy (non-hydrogen) atoms. The topological polar surface area (TPSA) is 91.8 Å². The molecule has 0 saturated heterocycles. The first kappa shape index (κ1) is 14.8. The van der Waals surface area contributed by atoms with Gasteiger partial charge in [0.15, 0.2) is 0 Å². The summed E-state index contributed by atoms with van der Waals surface area (Å²) in [6, 6.07) is 4.71. The van der Waals surface area contributed by atoms with Crippen LogP contribution in [-0.2, 0) is 13.5 Å². The van der Waals surface area contributed by atoms with Crippen LogP contribution in [0, 0.1) is 6.92 Å². The second-order valence-corrected chi connectivity index (χ2v) is 5.08. The van der Waals surface area contributed by atoms with Crippen molar-refractivity contribution in [3.8, 4) is 0 Å². The maximum Gasteiger partial charge on any atom is 0.319 e. The number of carbonyl (C=O) groups is 1. The molecule has 7 heteroatoms. The zero-order chi connectivity index (χ0) is 15.4. The predicted molar refractivity (Wildman–Crippen MR) is 80.3 cm³/mol. The number of anilines is 1. The molecule has 2 aromatic rings. The van der Waals surface area contributed by atoms with E-state index in [9.17, 15) is 9.59 Å². The number of pyridine rings is 1. The molecule has 0 fully saturated rings. The second-order valence-electron chi connectivity index (χ2n) is 5.08. The SMILES string of the molecule is Cc1cc(C[C@@H](C)NC(=O)Nc2cccn(C)c2=O)n[nH]1. The first-order valence-electron chi connectivity index (χ1n) is 6.70. The highest BCUT2D eigenvalue weighted by molar-refractivity contribution is 5.89. The summed E-state index contributed by atoms with van der Waals surface area (Å²) in [5.41, 5.74) is 1.87. The molecule has 2 aromatic heterocycles. The van der Waals surface area contributed by atoms with Crippen LogP contribution in [0.25, 0.3) is 0 Å². The van der Waals surface area contributed by atoms with Crippen LogP contribution in [0.4, 0.5) is 10.5 Å². The van der Waals surface area contributed by atoms with Crippen molar-refractivity contribution in [2.75, 3.05) is 5.32 Å². The van der Waals surface area contributed by atoms with Gasteiger partial charge >= 0.3 is 6.03 Å². The lowest BCUT2D eigenvalue weighted by Crippen LogP contribution is -2.38. The fraction of sp³-hybridized carbons (Fsp3) is 0.357. The molecular formula is C14H19N5O2. The lowest BCUT2D eigenvalue weighted by molar-refractivity contribution is 0.249. The number of carbonyl (C=O) groups excluding carboxylic acids is 1. The molecule has 112 valence electrons. The van der Waals surface area contributed by atoms with Gasteiger partial charge in [-0.1, -0.05) is 0 Å². The van der Waals surface area contributed by atoms with E-state index in [1.54, 1.807) is 25.4 Å². The largest absolute Gasteiger partial charge is 0.335 e. The van der Waals surface area contributed by atoms with Gasteiger partial charge in [0.25, 0.3) is 5.56 Å². The van der Waals surface area contributed by atoms with Crippen molar-refractivity contribution in [2.24, 2.45) is 7.05 Å². The minimum atomic E-state index is -0.405. The molecule has 2 heterocycles. The molecule has 2 rings (SSSR count). The van der Waals surface area contributed by atoms with Gasteiger partial charge in [0.2, 0.25) is 0 Å². The van der Waals surface area contributed by atoms with E-state index in [1.165, 1.54) is 4.57 Å². The number of aryl methyl sites for hydroxylation is 2. The van der Waals surface area contributed by atoms with Crippen molar-refractivity contribution in [3.05, 3.63) is 46.1 Å². The Labute approximate surface area is 122 Å². The van der Waals surface area contributed by atoms with Crippen LogP contribution in [0.15, 0.2) is 29.2 Å². The van der Waals surface area contributed by atoms with Crippen LogP contribution < -0.4 is 16.2 Å². The fourth-order valence-corrected chi connectivity index (χ4v) is 2.02. The van der Waals surface area contributed by atoms with E-state index in [0.717, 1.165) is 11.4 Å². The normalized spacial score (nSPS) is 12.0. The molecule has 2 amide bonds. The van der Waals surface area contributed by atoms with Gasteiger partial charge in [-0.05, 0) is 32.0 Å². The third kappa shape index (κ3) is 3.95. The molecule has 0 saturated carbocycles. The molecule has 0 aromatic carbocycles. The van der Waals surface area contributed by atoms with Crippen molar-refractivity contribution < 1.29 is 4.79 Å². The average molecular weight is 289 g/mol. The molecule has 0 radical (unpaired) electrons. The Morgan fingerprint density at radius 2 is 2.29 bits per heavy atom. The van der Waals surface area contributed by atoms with Crippen molar-refractivity contribution in [1.29, 1.82) is 0 Å².